The molecular weight excluding hydrogens is 240 g/mol. The van der Waals surface area contributed by atoms with Gasteiger partial charge in [-0.3, -0.25) is 5.10 Å². The van der Waals surface area contributed by atoms with Crippen molar-refractivity contribution in [2.75, 3.05) is 13.2 Å². The third-order valence-corrected chi connectivity index (χ3v) is 3.32. The van der Waals surface area contributed by atoms with Crippen molar-refractivity contribution in [1.82, 2.24) is 20.5 Å². The highest BCUT2D eigenvalue weighted by Gasteiger charge is 2.11. The van der Waals surface area contributed by atoms with E-state index in [9.17, 15) is 0 Å². The van der Waals surface area contributed by atoms with Crippen LogP contribution in [-0.2, 0) is 19.4 Å². The number of benzene rings is 1. The Morgan fingerprint density at radius 2 is 2.37 bits per heavy atom. The summed E-state index contributed by atoms with van der Waals surface area (Å²) in [5, 5.41) is 10.2. The number of aromatic nitrogens is 3. The number of fused-ring (bicyclic) bond motifs is 1. The highest BCUT2D eigenvalue weighted by atomic mass is 16.5. The first kappa shape index (κ1) is 12.2. The third kappa shape index (κ3) is 3.12. The molecule has 0 radical (unpaired) electrons. The molecule has 0 saturated carbocycles. The van der Waals surface area contributed by atoms with Crippen molar-refractivity contribution in [2.45, 2.75) is 25.8 Å². The van der Waals surface area contributed by atoms with Crippen LogP contribution in [0.2, 0.25) is 0 Å². The third-order valence-electron chi connectivity index (χ3n) is 3.32. The van der Waals surface area contributed by atoms with E-state index in [-0.39, 0.29) is 0 Å². The number of aryl methyl sites for hydroxylation is 1. The van der Waals surface area contributed by atoms with E-state index in [0.29, 0.717) is 0 Å². The molecule has 0 amide bonds. The normalized spacial score (nSPS) is 13.3. The summed E-state index contributed by atoms with van der Waals surface area (Å²) in [6.45, 7) is 2.71. The maximum absolute atomic E-state index is 5.50. The van der Waals surface area contributed by atoms with Gasteiger partial charge in [-0.15, -0.1) is 0 Å². The zero-order valence-corrected chi connectivity index (χ0v) is 10.9. The highest BCUT2D eigenvalue weighted by molar-refractivity contribution is 5.39. The smallest absolute Gasteiger partial charge is 0.137 e. The van der Waals surface area contributed by atoms with Crippen LogP contribution in [0.4, 0.5) is 0 Å². The van der Waals surface area contributed by atoms with E-state index < -0.39 is 0 Å². The first-order chi connectivity index (χ1) is 9.42. The van der Waals surface area contributed by atoms with Crippen LogP contribution in [-0.4, -0.2) is 28.3 Å². The van der Waals surface area contributed by atoms with Crippen LogP contribution >= 0.6 is 0 Å². The van der Waals surface area contributed by atoms with Gasteiger partial charge in [0, 0.05) is 19.4 Å². The van der Waals surface area contributed by atoms with Gasteiger partial charge in [0.1, 0.15) is 17.9 Å². The molecule has 19 heavy (non-hydrogen) atoms. The average Bonchev–Trinajstić information content (AvgIpc) is 3.08. The summed E-state index contributed by atoms with van der Waals surface area (Å²) < 4.78 is 5.50. The minimum atomic E-state index is 0.823. The minimum Gasteiger partial charge on any atom is -0.493 e. The molecule has 1 aliphatic rings. The first-order valence-corrected chi connectivity index (χ1v) is 6.71. The summed E-state index contributed by atoms with van der Waals surface area (Å²) in [5.41, 5.74) is 2.66. The number of nitrogens with one attached hydrogen (secondary N) is 2. The zero-order valence-electron chi connectivity index (χ0n) is 10.9. The van der Waals surface area contributed by atoms with Crippen molar-refractivity contribution in [3.05, 3.63) is 41.5 Å². The molecule has 2 aromatic rings. The van der Waals surface area contributed by atoms with Gasteiger partial charge in [0.25, 0.3) is 0 Å². The maximum atomic E-state index is 5.50. The average molecular weight is 258 g/mol. The molecule has 5 heteroatoms. The van der Waals surface area contributed by atoms with Gasteiger partial charge in [-0.25, -0.2) is 4.98 Å². The van der Waals surface area contributed by atoms with Crippen molar-refractivity contribution in [3.8, 4) is 5.75 Å². The second kappa shape index (κ2) is 5.84. The topological polar surface area (TPSA) is 62.8 Å². The van der Waals surface area contributed by atoms with Gasteiger partial charge in [-0.1, -0.05) is 12.1 Å². The quantitative estimate of drug-likeness (QED) is 0.770. The number of hydrogen-bond acceptors (Lipinski definition) is 4. The molecular formula is C14H18N4O. The number of nitrogens with zero attached hydrogens (tertiary/aromatic N) is 2. The SMILES string of the molecule is c1n[nH]c(CCCNCc2ccc3c(c2)CCO3)n1. The Balaban J connectivity index is 1.40. The summed E-state index contributed by atoms with van der Waals surface area (Å²) in [6.07, 6.45) is 4.58. The second-order valence-electron chi connectivity index (χ2n) is 4.75. The molecule has 0 saturated heterocycles. The van der Waals surface area contributed by atoms with Crippen molar-refractivity contribution < 1.29 is 4.74 Å². The highest BCUT2D eigenvalue weighted by Crippen LogP contribution is 2.25. The summed E-state index contributed by atoms with van der Waals surface area (Å²) in [5.74, 6) is 2.01. The standard InChI is InChI=1S/C14H18N4O/c1(2-14-16-10-17-18-14)6-15-9-11-3-4-13-12(8-11)5-7-19-13/h3-4,8,10,15H,1-2,5-7,9H2,(H,16,17,18). The van der Waals surface area contributed by atoms with E-state index in [4.69, 9.17) is 4.74 Å². The first-order valence-electron chi connectivity index (χ1n) is 6.71. The van der Waals surface area contributed by atoms with Gasteiger partial charge in [-0.05, 0) is 30.2 Å². The van der Waals surface area contributed by atoms with Crippen LogP contribution in [0.3, 0.4) is 0 Å². The van der Waals surface area contributed by atoms with E-state index in [1.165, 1.54) is 11.1 Å². The molecule has 3 rings (SSSR count). The van der Waals surface area contributed by atoms with Crippen LogP contribution in [0.1, 0.15) is 23.4 Å². The Kier molecular flexibility index (Phi) is 3.74. The monoisotopic (exact) mass is 258 g/mol. The fourth-order valence-corrected chi connectivity index (χ4v) is 2.31. The van der Waals surface area contributed by atoms with Crippen molar-refractivity contribution in [3.63, 3.8) is 0 Å². The van der Waals surface area contributed by atoms with Crippen molar-refractivity contribution >= 4 is 0 Å². The number of ether oxygens (including phenoxy) is 1. The maximum Gasteiger partial charge on any atom is 0.137 e. The molecule has 0 bridgehead atoms. The minimum absolute atomic E-state index is 0.823. The molecule has 0 aliphatic carbocycles. The lowest BCUT2D eigenvalue weighted by atomic mass is 10.1. The summed E-state index contributed by atoms with van der Waals surface area (Å²) in [6, 6.07) is 6.45. The predicted molar refractivity (Wildman–Crippen MR) is 72.1 cm³/mol. The van der Waals surface area contributed by atoms with E-state index in [1.54, 1.807) is 6.33 Å². The van der Waals surface area contributed by atoms with E-state index in [1.807, 2.05) is 0 Å². The van der Waals surface area contributed by atoms with Gasteiger partial charge >= 0.3 is 0 Å². The summed E-state index contributed by atoms with van der Waals surface area (Å²) >= 11 is 0. The largest absolute Gasteiger partial charge is 0.493 e. The molecule has 2 heterocycles. The Labute approximate surface area is 112 Å². The lowest BCUT2D eigenvalue weighted by Gasteiger charge is -2.06. The lowest BCUT2D eigenvalue weighted by molar-refractivity contribution is 0.357. The fourth-order valence-electron chi connectivity index (χ4n) is 2.31. The zero-order chi connectivity index (χ0) is 12.9. The number of hydrogen-bond donors (Lipinski definition) is 2. The van der Waals surface area contributed by atoms with Crippen LogP contribution < -0.4 is 10.1 Å². The second-order valence-corrected chi connectivity index (χ2v) is 4.75. The predicted octanol–water partition coefficient (Wildman–Crippen LogP) is 1.46. The Bertz CT molecular complexity index is 524. The summed E-state index contributed by atoms with van der Waals surface area (Å²) in [4.78, 5) is 4.10. The Morgan fingerprint density at radius 1 is 1.37 bits per heavy atom. The molecule has 1 aromatic carbocycles. The van der Waals surface area contributed by atoms with Gasteiger partial charge in [0.15, 0.2) is 0 Å². The lowest BCUT2D eigenvalue weighted by Crippen LogP contribution is -2.15. The van der Waals surface area contributed by atoms with Gasteiger partial charge in [0.2, 0.25) is 0 Å². The van der Waals surface area contributed by atoms with Crippen molar-refractivity contribution in [1.29, 1.82) is 0 Å². The van der Waals surface area contributed by atoms with Gasteiger partial charge in [0.05, 0.1) is 6.61 Å². The van der Waals surface area contributed by atoms with Gasteiger partial charge < -0.3 is 10.1 Å². The number of rotatable bonds is 6. The molecule has 0 unspecified atom stereocenters. The van der Waals surface area contributed by atoms with Crippen LogP contribution in [0.25, 0.3) is 0 Å². The Hall–Kier alpha value is -1.88. The number of H-pyrrole nitrogens is 1. The summed E-state index contributed by atoms with van der Waals surface area (Å²) in [7, 11) is 0. The molecule has 100 valence electrons. The Morgan fingerprint density at radius 3 is 3.26 bits per heavy atom. The molecule has 1 aliphatic heterocycles. The molecule has 0 atom stereocenters. The molecule has 5 nitrogen and oxygen atoms in total. The van der Waals surface area contributed by atoms with Crippen LogP contribution in [0.5, 0.6) is 5.75 Å². The van der Waals surface area contributed by atoms with E-state index in [2.05, 4.69) is 38.7 Å². The molecule has 0 fully saturated rings. The van der Waals surface area contributed by atoms with Crippen molar-refractivity contribution in [2.24, 2.45) is 0 Å². The fraction of sp³-hybridized carbons (Fsp3) is 0.429. The van der Waals surface area contributed by atoms with Crippen LogP contribution in [0.15, 0.2) is 24.5 Å². The molecule has 1 aromatic heterocycles. The molecule has 2 N–H and O–H groups in total. The van der Waals surface area contributed by atoms with E-state index >= 15 is 0 Å². The van der Waals surface area contributed by atoms with Gasteiger partial charge in [-0.2, -0.15) is 5.10 Å². The molecule has 0 spiro atoms. The number of aromatic amines is 1. The van der Waals surface area contributed by atoms with E-state index in [0.717, 1.165) is 50.5 Å². The van der Waals surface area contributed by atoms with Crippen LogP contribution in [0, 0.1) is 0 Å².